The second-order valence-electron chi connectivity index (χ2n) is 6.70. The molecule has 0 radical (unpaired) electrons. The summed E-state index contributed by atoms with van der Waals surface area (Å²) in [5.74, 6) is 1.59. The van der Waals surface area contributed by atoms with Crippen molar-refractivity contribution in [1.29, 1.82) is 0 Å². The van der Waals surface area contributed by atoms with E-state index in [1.807, 2.05) is 13.0 Å². The fourth-order valence-electron chi connectivity index (χ4n) is 3.32. The van der Waals surface area contributed by atoms with Crippen LogP contribution >= 0.6 is 0 Å². The first-order valence-corrected chi connectivity index (χ1v) is 8.56. The average molecular weight is 310 g/mol. The summed E-state index contributed by atoms with van der Waals surface area (Å²) in [7, 11) is 0. The van der Waals surface area contributed by atoms with Crippen LogP contribution in [0.2, 0.25) is 0 Å². The molecule has 1 aromatic carbocycles. The van der Waals surface area contributed by atoms with Gasteiger partial charge in [-0.25, -0.2) is 4.98 Å². The topological polar surface area (TPSA) is 49.8 Å². The number of aryl methyl sites for hydroxylation is 3. The molecule has 4 nitrogen and oxygen atoms in total. The molecule has 0 aliphatic heterocycles. The van der Waals surface area contributed by atoms with Crippen molar-refractivity contribution in [3.05, 3.63) is 41.1 Å². The zero-order valence-electron chi connectivity index (χ0n) is 14.3. The number of rotatable bonds is 4. The highest BCUT2D eigenvalue weighted by Crippen LogP contribution is 2.23. The lowest BCUT2D eigenvalue weighted by atomic mass is 9.96. The van der Waals surface area contributed by atoms with Gasteiger partial charge >= 0.3 is 0 Å². The molecule has 23 heavy (non-hydrogen) atoms. The van der Waals surface area contributed by atoms with Crippen LogP contribution in [0.25, 0.3) is 0 Å². The van der Waals surface area contributed by atoms with Crippen LogP contribution in [-0.4, -0.2) is 16.0 Å². The van der Waals surface area contributed by atoms with Crippen LogP contribution in [-0.2, 0) is 0 Å². The van der Waals surface area contributed by atoms with Gasteiger partial charge < -0.3 is 10.6 Å². The van der Waals surface area contributed by atoms with E-state index in [4.69, 9.17) is 0 Å². The van der Waals surface area contributed by atoms with E-state index in [1.165, 1.54) is 43.2 Å². The van der Waals surface area contributed by atoms with Gasteiger partial charge in [-0.1, -0.05) is 25.3 Å². The minimum absolute atomic E-state index is 0.514. The standard InChI is InChI=1S/C19H26N4/c1-13-9-14(2)11-17(10-13)21-18-12-15(3)20-19(23-18)22-16-7-5-4-6-8-16/h9-12,16H,4-8H2,1-3H3,(H2,20,21,22,23). The van der Waals surface area contributed by atoms with Crippen molar-refractivity contribution in [2.45, 2.75) is 58.9 Å². The van der Waals surface area contributed by atoms with E-state index in [0.29, 0.717) is 6.04 Å². The highest BCUT2D eigenvalue weighted by Gasteiger charge is 2.14. The predicted molar refractivity (Wildman–Crippen MR) is 96.5 cm³/mol. The SMILES string of the molecule is Cc1cc(C)cc(Nc2cc(C)nc(NC3CCCCC3)n2)c1. The smallest absolute Gasteiger partial charge is 0.225 e. The monoisotopic (exact) mass is 310 g/mol. The Morgan fingerprint density at radius 3 is 2.26 bits per heavy atom. The van der Waals surface area contributed by atoms with Gasteiger partial charge in [0, 0.05) is 23.5 Å². The van der Waals surface area contributed by atoms with Gasteiger partial charge in [-0.2, -0.15) is 4.98 Å². The van der Waals surface area contributed by atoms with Crippen LogP contribution in [0, 0.1) is 20.8 Å². The lowest BCUT2D eigenvalue weighted by molar-refractivity contribution is 0.461. The highest BCUT2D eigenvalue weighted by molar-refractivity contribution is 5.59. The number of anilines is 3. The van der Waals surface area contributed by atoms with Gasteiger partial charge in [0.25, 0.3) is 0 Å². The van der Waals surface area contributed by atoms with Gasteiger partial charge in [-0.05, 0) is 56.9 Å². The molecule has 0 atom stereocenters. The summed E-state index contributed by atoms with van der Waals surface area (Å²) in [6.45, 7) is 6.24. The minimum Gasteiger partial charge on any atom is -0.351 e. The summed E-state index contributed by atoms with van der Waals surface area (Å²) in [4.78, 5) is 9.19. The maximum absolute atomic E-state index is 4.65. The Kier molecular flexibility index (Phi) is 4.79. The number of aromatic nitrogens is 2. The third kappa shape index (κ3) is 4.44. The Morgan fingerprint density at radius 1 is 0.870 bits per heavy atom. The second-order valence-corrected chi connectivity index (χ2v) is 6.70. The summed E-state index contributed by atoms with van der Waals surface area (Å²) in [5, 5.41) is 6.92. The molecule has 122 valence electrons. The summed E-state index contributed by atoms with van der Waals surface area (Å²) in [6.07, 6.45) is 6.40. The molecule has 0 unspecified atom stereocenters. The first-order valence-electron chi connectivity index (χ1n) is 8.56. The molecule has 1 aliphatic carbocycles. The molecular formula is C19H26N4. The van der Waals surface area contributed by atoms with Crippen LogP contribution in [0.15, 0.2) is 24.3 Å². The van der Waals surface area contributed by atoms with Crippen molar-refractivity contribution in [3.63, 3.8) is 0 Å². The first kappa shape index (κ1) is 15.8. The number of nitrogens with zero attached hydrogens (tertiary/aromatic N) is 2. The molecular weight excluding hydrogens is 284 g/mol. The number of hydrogen-bond acceptors (Lipinski definition) is 4. The maximum Gasteiger partial charge on any atom is 0.225 e. The number of nitrogens with one attached hydrogen (secondary N) is 2. The molecule has 0 saturated heterocycles. The fourth-order valence-corrected chi connectivity index (χ4v) is 3.32. The zero-order chi connectivity index (χ0) is 16.2. The summed E-state index contributed by atoms with van der Waals surface area (Å²) in [6, 6.07) is 8.95. The summed E-state index contributed by atoms with van der Waals surface area (Å²) in [5.41, 5.74) is 4.55. The van der Waals surface area contributed by atoms with Gasteiger partial charge in [-0.15, -0.1) is 0 Å². The minimum atomic E-state index is 0.514. The zero-order valence-corrected chi connectivity index (χ0v) is 14.3. The normalized spacial score (nSPS) is 15.4. The van der Waals surface area contributed by atoms with Gasteiger partial charge in [0.15, 0.2) is 0 Å². The van der Waals surface area contributed by atoms with Gasteiger partial charge in [-0.3, -0.25) is 0 Å². The van der Waals surface area contributed by atoms with Crippen molar-refractivity contribution in [3.8, 4) is 0 Å². The Hall–Kier alpha value is -2.10. The largest absolute Gasteiger partial charge is 0.351 e. The maximum atomic E-state index is 4.65. The molecule has 2 N–H and O–H groups in total. The molecule has 1 aliphatic rings. The Bertz CT molecular complexity index is 655. The third-order valence-corrected chi connectivity index (χ3v) is 4.29. The lowest BCUT2D eigenvalue weighted by Crippen LogP contribution is -2.23. The van der Waals surface area contributed by atoms with Crippen LogP contribution in [0.1, 0.15) is 48.9 Å². The van der Waals surface area contributed by atoms with Crippen LogP contribution < -0.4 is 10.6 Å². The van der Waals surface area contributed by atoms with E-state index in [1.54, 1.807) is 0 Å². The molecule has 0 spiro atoms. The van der Waals surface area contributed by atoms with Crippen molar-refractivity contribution < 1.29 is 0 Å². The Balaban J connectivity index is 1.76. The van der Waals surface area contributed by atoms with Crippen LogP contribution in [0.5, 0.6) is 0 Å². The van der Waals surface area contributed by atoms with Crippen LogP contribution in [0.3, 0.4) is 0 Å². The molecule has 1 saturated carbocycles. The van der Waals surface area contributed by atoms with Crippen LogP contribution in [0.4, 0.5) is 17.5 Å². The number of hydrogen-bond donors (Lipinski definition) is 2. The van der Waals surface area contributed by atoms with E-state index < -0.39 is 0 Å². The summed E-state index contributed by atoms with van der Waals surface area (Å²) >= 11 is 0. The van der Waals surface area contributed by atoms with Crippen molar-refractivity contribution in [2.24, 2.45) is 0 Å². The van der Waals surface area contributed by atoms with Crippen molar-refractivity contribution in [1.82, 2.24) is 9.97 Å². The average Bonchev–Trinajstić information content (AvgIpc) is 2.46. The molecule has 3 rings (SSSR count). The molecule has 0 bridgehead atoms. The second kappa shape index (κ2) is 6.99. The van der Waals surface area contributed by atoms with Crippen molar-refractivity contribution in [2.75, 3.05) is 10.6 Å². The Labute approximate surface area is 138 Å². The van der Waals surface area contributed by atoms with E-state index in [-0.39, 0.29) is 0 Å². The quantitative estimate of drug-likeness (QED) is 0.844. The van der Waals surface area contributed by atoms with E-state index in [0.717, 1.165) is 23.1 Å². The molecule has 1 heterocycles. The highest BCUT2D eigenvalue weighted by atomic mass is 15.2. The Morgan fingerprint density at radius 2 is 1.57 bits per heavy atom. The molecule has 1 fully saturated rings. The number of benzene rings is 1. The van der Waals surface area contributed by atoms with Gasteiger partial charge in [0.1, 0.15) is 5.82 Å². The third-order valence-electron chi connectivity index (χ3n) is 4.29. The van der Waals surface area contributed by atoms with E-state index in [9.17, 15) is 0 Å². The molecule has 2 aromatic rings. The molecule has 4 heteroatoms. The first-order chi connectivity index (χ1) is 11.1. The van der Waals surface area contributed by atoms with E-state index >= 15 is 0 Å². The molecule has 0 amide bonds. The van der Waals surface area contributed by atoms with E-state index in [2.05, 4.69) is 52.6 Å². The predicted octanol–water partition coefficient (Wildman–Crippen LogP) is 4.89. The fraction of sp³-hybridized carbons (Fsp3) is 0.474. The van der Waals surface area contributed by atoms with Gasteiger partial charge in [0.05, 0.1) is 0 Å². The lowest BCUT2D eigenvalue weighted by Gasteiger charge is -2.23. The molecule has 1 aromatic heterocycles. The van der Waals surface area contributed by atoms with Gasteiger partial charge in [0.2, 0.25) is 5.95 Å². The van der Waals surface area contributed by atoms with Crippen molar-refractivity contribution >= 4 is 17.5 Å². The summed E-state index contributed by atoms with van der Waals surface area (Å²) < 4.78 is 0.